The van der Waals surface area contributed by atoms with E-state index in [0.717, 1.165) is 21.3 Å². The van der Waals surface area contributed by atoms with Gasteiger partial charge in [-0.1, -0.05) is 39.7 Å². The fraction of sp³-hybridized carbons (Fsp3) is 0.400. The molecule has 5 rings (SSSR count). The molecule has 2 fully saturated rings. The lowest BCUT2D eigenvalue weighted by molar-refractivity contribution is 0.247. The van der Waals surface area contributed by atoms with Crippen LogP contribution in [0.5, 0.6) is 0 Å². The Kier molecular flexibility index (Phi) is 3.28. The Morgan fingerprint density at radius 3 is 2.61 bits per heavy atom. The standard InChI is InChI=1S/C20H19BrClN/c21-14-5-3-11(4-6-14)20-19-13-2-1-12(9-13)18(19)16-10-15(22)7-8-17(16)23-20/h3-8,10,12-13,18-20,23H,1-2,9H2/t12-,13+,18-,19-,20?/m1/s1. The molecule has 0 saturated heterocycles. The molecule has 1 N–H and O–H groups in total. The molecule has 1 aliphatic heterocycles. The van der Waals surface area contributed by atoms with E-state index in [9.17, 15) is 0 Å². The van der Waals surface area contributed by atoms with Crippen LogP contribution in [0.15, 0.2) is 46.9 Å². The van der Waals surface area contributed by atoms with Crippen LogP contribution in [-0.2, 0) is 0 Å². The van der Waals surface area contributed by atoms with Crippen molar-refractivity contribution in [3.05, 3.63) is 63.1 Å². The lowest BCUT2D eigenvalue weighted by Gasteiger charge is -2.43. The van der Waals surface area contributed by atoms with E-state index in [-0.39, 0.29) is 0 Å². The fourth-order valence-electron chi connectivity index (χ4n) is 5.46. The van der Waals surface area contributed by atoms with E-state index in [0.29, 0.717) is 17.9 Å². The van der Waals surface area contributed by atoms with Crippen molar-refractivity contribution < 1.29 is 0 Å². The number of fused-ring (bicyclic) bond motifs is 7. The smallest absolute Gasteiger partial charge is 0.0550 e. The van der Waals surface area contributed by atoms with Crippen molar-refractivity contribution in [1.82, 2.24) is 0 Å². The normalized spacial score (nSPS) is 33.9. The number of rotatable bonds is 1. The topological polar surface area (TPSA) is 12.0 Å². The first-order valence-corrected chi connectivity index (χ1v) is 9.69. The minimum Gasteiger partial charge on any atom is -0.378 e. The Morgan fingerprint density at radius 1 is 1.00 bits per heavy atom. The van der Waals surface area contributed by atoms with E-state index < -0.39 is 0 Å². The van der Waals surface area contributed by atoms with Crippen LogP contribution >= 0.6 is 27.5 Å². The minimum absolute atomic E-state index is 0.428. The highest BCUT2D eigenvalue weighted by molar-refractivity contribution is 9.10. The predicted molar refractivity (Wildman–Crippen MR) is 99.0 cm³/mol. The van der Waals surface area contributed by atoms with Crippen LogP contribution in [0.1, 0.15) is 42.3 Å². The maximum atomic E-state index is 6.31. The van der Waals surface area contributed by atoms with Crippen molar-refractivity contribution in [1.29, 1.82) is 0 Å². The summed E-state index contributed by atoms with van der Waals surface area (Å²) in [4.78, 5) is 0. The molecule has 2 aliphatic carbocycles. The van der Waals surface area contributed by atoms with Gasteiger partial charge in [-0.2, -0.15) is 0 Å². The van der Waals surface area contributed by atoms with Crippen LogP contribution in [0.3, 0.4) is 0 Å². The molecule has 118 valence electrons. The largest absolute Gasteiger partial charge is 0.378 e. The summed E-state index contributed by atoms with van der Waals surface area (Å²) in [6.07, 6.45) is 4.19. The third-order valence-corrected chi connectivity index (χ3v) is 7.04. The van der Waals surface area contributed by atoms with Crippen molar-refractivity contribution in [2.75, 3.05) is 5.32 Å². The Labute approximate surface area is 150 Å². The van der Waals surface area contributed by atoms with Crippen LogP contribution in [-0.4, -0.2) is 0 Å². The van der Waals surface area contributed by atoms with Crippen molar-refractivity contribution in [3.8, 4) is 0 Å². The van der Waals surface area contributed by atoms with E-state index in [1.165, 1.54) is 36.1 Å². The second kappa shape index (κ2) is 5.26. The van der Waals surface area contributed by atoms with E-state index in [4.69, 9.17) is 11.6 Å². The Hall–Kier alpha value is -0.990. The number of anilines is 1. The molecule has 3 heteroatoms. The zero-order chi connectivity index (χ0) is 15.6. The zero-order valence-electron chi connectivity index (χ0n) is 12.8. The molecule has 0 radical (unpaired) electrons. The molecule has 2 saturated carbocycles. The summed E-state index contributed by atoms with van der Waals surface area (Å²) in [6, 6.07) is 15.7. The van der Waals surface area contributed by atoms with Crippen LogP contribution < -0.4 is 5.32 Å². The van der Waals surface area contributed by atoms with Gasteiger partial charge in [0.15, 0.2) is 0 Å². The first kappa shape index (κ1) is 14.4. The van der Waals surface area contributed by atoms with Gasteiger partial charge in [0, 0.05) is 15.2 Å². The summed E-state index contributed by atoms with van der Waals surface area (Å²) >= 11 is 9.86. The first-order valence-electron chi connectivity index (χ1n) is 8.52. The Balaban J connectivity index is 1.63. The molecule has 23 heavy (non-hydrogen) atoms. The number of halogens is 2. The van der Waals surface area contributed by atoms with Gasteiger partial charge in [0.05, 0.1) is 6.04 Å². The molecule has 0 aromatic heterocycles. The average molecular weight is 389 g/mol. The van der Waals surface area contributed by atoms with Gasteiger partial charge in [-0.3, -0.25) is 0 Å². The quantitative estimate of drug-likeness (QED) is 0.596. The van der Waals surface area contributed by atoms with Gasteiger partial charge in [-0.05, 0) is 84.4 Å². The molecule has 0 spiro atoms. The lowest BCUT2D eigenvalue weighted by atomic mass is 9.68. The SMILES string of the molecule is Clc1ccc2c(c1)[C@H]1[C@@H]3CC[C@@H](C3)[C@H]1C(c1ccc(Br)cc1)N2. The van der Waals surface area contributed by atoms with Gasteiger partial charge in [-0.15, -0.1) is 0 Å². The maximum Gasteiger partial charge on any atom is 0.0550 e. The number of hydrogen-bond donors (Lipinski definition) is 1. The van der Waals surface area contributed by atoms with Crippen molar-refractivity contribution >= 4 is 33.2 Å². The monoisotopic (exact) mass is 387 g/mol. The average Bonchev–Trinajstić information content (AvgIpc) is 3.17. The summed E-state index contributed by atoms with van der Waals surface area (Å²) in [5, 5.41) is 4.71. The van der Waals surface area contributed by atoms with Crippen molar-refractivity contribution in [3.63, 3.8) is 0 Å². The fourth-order valence-corrected chi connectivity index (χ4v) is 5.90. The highest BCUT2D eigenvalue weighted by Gasteiger charge is 2.53. The molecular formula is C20H19BrClN. The first-order chi connectivity index (χ1) is 11.2. The highest BCUT2D eigenvalue weighted by atomic mass is 79.9. The van der Waals surface area contributed by atoms with Crippen LogP contribution in [0.25, 0.3) is 0 Å². The summed E-state index contributed by atoms with van der Waals surface area (Å²) in [5.41, 5.74) is 4.16. The molecule has 0 amide bonds. The van der Waals surface area contributed by atoms with E-state index in [2.05, 4.69) is 57.6 Å². The molecule has 2 bridgehead atoms. The van der Waals surface area contributed by atoms with Gasteiger partial charge in [-0.25, -0.2) is 0 Å². The van der Waals surface area contributed by atoms with Crippen molar-refractivity contribution in [2.24, 2.45) is 17.8 Å². The van der Waals surface area contributed by atoms with Gasteiger partial charge >= 0.3 is 0 Å². The molecule has 1 unspecified atom stereocenters. The van der Waals surface area contributed by atoms with E-state index in [1.807, 2.05) is 6.07 Å². The second-order valence-electron chi connectivity index (χ2n) is 7.34. The van der Waals surface area contributed by atoms with Crippen molar-refractivity contribution in [2.45, 2.75) is 31.2 Å². The van der Waals surface area contributed by atoms with E-state index >= 15 is 0 Å². The summed E-state index contributed by atoms with van der Waals surface area (Å²) < 4.78 is 1.15. The third kappa shape index (κ3) is 2.18. The molecule has 3 aliphatic rings. The number of hydrogen-bond acceptors (Lipinski definition) is 1. The zero-order valence-corrected chi connectivity index (χ0v) is 15.1. The van der Waals surface area contributed by atoms with Crippen LogP contribution in [0.4, 0.5) is 5.69 Å². The van der Waals surface area contributed by atoms with Crippen LogP contribution in [0, 0.1) is 17.8 Å². The maximum absolute atomic E-state index is 6.31. The summed E-state index contributed by atoms with van der Waals surface area (Å²) in [6.45, 7) is 0. The molecular weight excluding hydrogens is 370 g/mol. The second-order valence-corrected chi connectivity index (χ2v) is 8.69. The molecule has 5 atom stereocenters. The minimum atomic E-state index is 0.428. The summed E-state index contributed by atoms with van der Waals surface area (Å²) in [5.74, 6) is 3.10. The lowest BCUT2D eigenvalue weighted by Crippen LogP contribution is -2.35. The Morgan fingerprint density at radius 2 is 1.78 bits per heavy atom. The van der Waals surface area contributed by atoms with Crippen LogP contribution in [0.2, 0.25) is 5.02 Å². The molecule has 2 aromatic rings. The number of nitrogens with one attached hydrogen (secondary N) is 1. The Bertz CT molecular complexity index is 757. The third-order valence-electron chi connectivity index (χ3n) is 6.28. The van der Waals surface area contributed by atoms with E-state index in [1.54, 1.807) is 0 Å². The summed E-state index contributed by atoms with van der Waals surface area (Å²) in [7, 11) is 0. The molecule has 1 heterocycles. The van der Waals surface area contributed by atoms with Gasteiger partial charge < -0.3 is 5.32 Å². The predicted octanol–water partition coefficient (Wildman–Crippen LogP) is 6.40. The number of benzene rings is 2. The van der Waals surface area contributed by atoms with Gasteiger partial charge in [0.2, 0.25) is 0 Å². The van der Waals surface area contributed by atoms with Gasteiger partial charge in [0.25, 0.3) is 0 Å². The van der Waals surface area contributed by atoms with Gasteiger partial charge in [0.1, 0.15) is 0 Å². The molecule has 1 nitrogen and oxygen atoms in total. The molecule has 2 aromatic carbocycles. The highest BCUT2D eigenvalue weighted by Crippen LogP contribution is 2.63.